The number of nitrogens with zero attached hydrogens (tertiary/aromatic N) is 1. The van der Waals surface area contributed by atoms with E-state index in [1.807, 2.05) is 0 Å². The first-order valence-electron chi connectivity index (χ1n) is 8.68. The molecule has 1 aromatic heterocycles. The van der Waals surface area contributed by atoms with E-state index < -0.39 is 17.8 Å². The van der Waals surface area contributed by atoms with Gasteiger partial charge in [0.25, 0.3) is 5.91 Å². The zero-order valence-corrected chi connectivity index (χ0v) is 17.1. The molecule has 3 aromatic rings. The van der Waals surface area contributed by atoms with E-state index in [-0.39, 0.29) is 22.6 Å². The number of methoxy groups -OCH3 is 2. The molecule has 0 aliphatic rings. The number of aromatic nitrogens is 1. The Balaban J connectivity index is 1.91. The minimum atomic E-state index is -0.663. The van der Waals surface area contributed by atoms with Crippen LogP contribution in [0.15, 0.2) is 42.5 Å². The minimum Gasteiger partial charge on any atom is -0.465 e. The lowest BCUT2D eigenvalue weighted by Gasteiger charge is -2.09. The highest BCUT2D eigenvalue weighted by Crippen LogP contribution is 2.29. The number of amides is 1. The third-order valence-corrected chi connectivity index (χ3v) is 5.33. The number of carbonyl (C=O) groups is 3. The van der Waals surface area contributed by atoms with Gasteiger partial charge in [-0.25, -0.2) is 19.0 Å². The Morgan fingerprint density at radius 1 is 0.967 bits per heavy atom. The van der Waals surface area contributed by atoms with Gasteiger partial charge in [0.15, 0.2) is 0 Å². The third-order valence-electron chi connectivity index (χ3n) is 4.13. The molecular formula is C21H17FN2O5S. The summed E-state index contributed by atoms with van der Waals surface area (Å²) in [4.78, 5) is 41.3. The van der Waals surface area contributed by atoms with Gasteiger partial charge in [-0.1, -0.05) is 0 Å². The molecule has 0 radical (unpaired) electrons. The highest BCUT2D eigenvalue weighted by atomic mass is 32.1. The van der Waals surface area contributed by atoms with Crippen molar-refractivity contribution in [3.8, 4) is 10.6 Å². The van der Waals surface area contributed by atoms with Crippen molar-refractivity contribution in [2.24, 2.45) is 0 Å². The van der Waals surface area contributed by atoms with Gasteiger partial charge in [0.05, 0.1) is 31.0 Å². The van der Waals surface area contributed by atoms with Gasteiger partial charge in [-0.2, -0.15) is 0 Å². The minimum absolute atomic E-state index is 0.0868. The lowest BCUT2D eigenvalue weighted by atomic mass is 10.1. The fraction of sp³-hybridized carbons (Fsp3) is 0.143. The van der Waals surface area contributed by atoms with Crippen molar-refractivity contribution in [1.29, 1.82) is 0 Å². The van der Waals surface area contributed by atoms with Crippen molar-refractivity contribution < 1.29 is 28.2 Å². The molecule has 0 spiro atoms. The Morgan fingerprint density at radius 3 is 2.07 bits per heavy atom. The summed E-state index contributed by atoms with van der Waals surface area (Å²) < 4.78 is 22.5. The van der Waals surface area contributed by atoms with Gasteiger partial charge in [-0.15, -0.1) is 11.3 Å². The van der Waals surface area contributed by atoms with Crippen LogP contribution in [0.4, 0.5) is 10.1 Å². The van der Waals surface area contributed by atoms with Gasteiger partial charge in [0, 0.05) is 11.3 Å². The van der Waals surface area contributed by atoms with Crippen LogP contribution in [0.25, 0.3) is 10.6 Å². The molecule has 1 N–H and O–H groups in total. The van der Waals surface area contributed by atoms with Crippen LogP contribution in [-0.4, -0.2) is 37.0 Å². The van der Waals surface area contributed by atoms with Crippen LogP contribution in [-0.2, 0) is 9.47 Å². The second-order valence-corrected chi connectivity index (χ2v) is 7.18. The molecule has 0 aliphatic carbocycles. The smallest absolute Gasteiger partial charge is 0.337 e. The van der Waals surface area contributed by atoms with Crippen molar-refractivity contribution in [3.05, 3.63) is 70.0 Å². The molecule has 0 unspecified atom stereocenters. The Labute approximate surface area is 175 Å². The fourth-order valence-corrected chi connectivity index (χ4v) is 3.65. The standard InChI is InChI=1S/C21H17FN2O5S/c1-11-17(30-19(23-11)12-4-6-15(22)7-5-12)18(25)24-16-9-13(20(26)28-2)8-14(10-16)21(27)29-3/h4-10H,1-3H3,(H,24,25). The van der Waals surface area contributed by atoms with Crippen LogP contribution in [0.3, 0.4) is 0 Å². The second-order valence-electron chi connectivity index (χ2n) is 6.18. The summed E-state index contributed by atoms with van der Waals surface area (Å²) in [7, 11) is 2.42. The van der Waals surface area contributed by atoms with E-state index in [9.17, 15) is 18.8 Å². The quantitative estimate of drug-likeness (QED) is 0.616. The number of thiazole rings is 1. The van der Waals surface area contributed by atoms with E-state index in [1.54, 1.807) is 19.1 Å². The van der Waals surface area contributed by atoms with Gasteiger partial charge in [0.2, 0.25) is 0 Å². The lowest BCUT2D eigenvalue weighted by molar-refractivity contribution is 0.0599. The predicted octanol–water partition coefficient (Wildman–Crippen LogP) is 4.08. The molecule has 0 fully saturated rings. The molecule has 154 valence electrons. The summed E-state index contributed by atoms with van der Waals surface area (Å²) in [6.45, 7) is 1.68. The Morgan fingerprint density at radius 2 is 1.53 bits per heavy atom. The maximum absolute atomic E-state index is 13.1. The first kappa shape index (κ1) is 21.1. The second kappa shape index (κ2) is 8.83. The fourth-order valence-electron chi connectivity index (χ4n) is 2.68. The molecule has 30 heavy (non-hydrogen) atoms. The monoisotopic (exact) mass is 428 g/mol. The molecule has 3 rings (SSSR count). The van der Waals surface area contributed by atoms with Crippen LogP contribution >= 0.6 is 11.3 Å². The van der Waals surface area contributed by atoms with E-state index in [1.165, 1.54) is 44.6 Å². The normalized spacial score (nSPS) is 10.4. The number of aryl methyl sites for hydroxylation is 1. The van der Waals surface area contributed by atoms with Gasteiger partial charge in [-0.05, 0) is 49.4 Å². The number of esters is 2. The van der Waals surface area contributed by atoms with Crippen LogP contribution in [0.5, 0.6) is 0 Å². The van der Waals surface area contributed by atoms with Crippen molar-refractivity contribution in [1.82, 2.24) is 4.98 Å². The maximum atomic E-state index is 13.1. The predicted molar refractivity (Wildman–Crippen MR) is 109 cm³/mol. The molecule has 0 bridgehead atoms. The van der Waals surface area contributed by atoms with E-state index in [0.717, 1.165) is 11.3 Å². The van der Waals surface area contributed by atoms with Crippen LogP contribution in [0.1, 0.15) is 36.1 Å². The van der Waals surface area contributed by atoms with E-state index in [2.05, 4.69) is 10.3 Å². The third kappa shape index (κ3) is 4.52. The summed E-state index contributed by atoms with van der Waals surface area (Å²) in [5, 5.41) is 3.23. The highest BCUT2D eigenvalue weighted by Gasteiger charge is 2.19. The van der Waals surface area contributed by atoms with Crippen molar-refractivity contribution >= 4 is 34.9 Å². The van der Waals surface area contributed by atoms with Crippen molar-refractivity contribution in [2.75, 3.05) is 19.5 Å². The Kier molecular flexibility index (Phi) is 6.22. The van der Waals surface area contributed by atoms with Crippen LogP contribution in [0, 0.1) is 12.7 Å². The first-order valence-corrected chi connectivity index (χ1v) is 9.50. The summed E-state index contributed by atoms with van der Waals surface area (Å²) in [5.74, 6) is -2.15. The average molecular weight is 428 g/mol. The van der Waals surface area contributed by atoms with Crippen molar-refractivity contribution in [2.45, 2.75) is 6.92 Å². The van der Waals surface area contributed by atoms with Gasteiger partial charge in [0.1, 0.15) is 15.7 Å². The molecule has 9 heteroatoms. The number of anilines is 1. The van der Waals surface area contributed by atoms with Gasteiger partial charge < -0.3 is 14.8 Å². The summed E-state index contributed by atoms with van der Waals surface area (Å²) in [6, 6.07) is 9.91. The number of hydrogen-bond acceptors (Lipinski definition) is 7. The SMILES string of the molecule is COC(=O)c1cc(NC(=O)c2sc(-c3ccc(F)cc3)nc2C)cc(C(=O)OC)c1. The van der Waals surface area contributed by atoms with Crippen LogP contribution in [0.2, 0.25) is 0 Å². The molecule has 0 saturated heterocycles. The number of hydrogen-bond donors (Lipinski definition) is 1. The van der Waals surface area contributed by atoms with Gasteiger partial charge >= 0.3 is 11.9 Å². The molecule has 0 atom stereocenters. The average Bonchev–Trinajstić information content (AvgIpc) is 3.14. The number of ether oxygens (including phenoxy) is 2. The Bertz CT molecular complexity index is 1090. The molecule has 2 aromatic carbocycles. The number of benzene rings is 2. The van der Waals surface area contributed by atoms with E-state index in [0.29, 0.717) is 21.1 Å². The molecule has 1 amide bonds. The van der Waals surface area contributed by atoms with Crippen molar-refractivity contribution in [3.63, 3.8) is 0 Å². The highest BCUT2D eigenvalue weighted by molar-refractivity contribution is 7.17. The summed E-state index contributed by atoms with van der Waals surface area (Å²) in [5.41, 5.74) is 1.57. The van der Waals surface area contributed by atoms with Gasteiger partial charge in [-0.3, -0.25) is 4.79 Å². The molecule has 0 aliphatic heterocycles. The van der Waals surface area contributed by atoms with Crippen LogP contribution < -0.4 is 5.32 Å². The number of halogens is 1. The largest absolute Gasteiger partial charge is 0.465 e. The molecule has 1 heterocycles. The summed E-state index contributed by atoms with van der Waals surface area (Å²) in [6.07, 6.45) is 0. The first-order chi connectivity index (χ1) is 14.3. The lowest BCUT2D eigenvalue weighted by Crippen LogP contribution is -2.14. The topological polar surface area (TPSA) is 94.6 Å². The number of carbonyl (C=O) groups excluding carboxylic acids is 3. The Hall–Kier alpha value is -3.59. The number of rotatable bonds is 5. The zero-order chi connectivity index (χ0) is 21.8. The molecule has 0 saturated carbocycles. The molecular weight excluding hydrogens is 411 g/mol. The molecule has 7 nitrogen and oxygen atoms in total. The maximum Gasteiger partial charge on any atom is 0.337 e. The van der Waals surface area contributed by atoms with E-state index >= 15 is 0 Å². The zero-order valence-electron chi connectivity index (χ0n) is 16.3. The van der Waals surface area contributed by atoms with E-state index in [4.69, 9.17) is 9.47 Å². The number of nitrogens with one attached hydrogen (secondary N) is 1. The summed E-state index contributed by atoms with van der Waals surface area (Å²) >= 11 is 1.15.